The highest BCUT2D eigenvalue weighted by Gasteiger charge is 2.37. The number of nitro groups is 1. The number of methoxy groups -OCH3 is 1. The molecule has 9 heteroatoms. The molecule has 0 aromatic heterocycles. The molecule has 1 aromatic rings. The number of primary amides is 1. The summed E-state index contributed by atoms with van der Waals surface area (Å²) < 4.78 is 4.69. The second kappa shape index (κ2) is 6.71. The average Bonchev–Trinajstić information content (AvgIpc) is 2.87. The number of benzene rings is 1. The standard InChI is InChI=1S/C14H17N3O6/c1-23-14(20)12-5-10(18)7-16(12)6-9-3-2-8(13(15)19)4-11(9)17(21)22/h2-4,10,12,18H,5-7H2,1H3,(H2,15,19)/t10-,12+/m1/s1. The van der Waals surface area contributed by atoms with E-state index in [2.05, 4.69) is 0 Å². The summed E-state index contributed by atoms with van der Waals surface area (Å²) in [5, 5.41) is 20.9. The molecule has 1 fully saturated rings. The number of aliphatic hydroxyl groups excluding tert-OH is 1. The molecule has 3 N–H and O–H groups in total. The summed E-state index contributed by atoms with van der Waals surface area (Å²) >= 11 is 0. The van der Waals surface area contributed by atoms with Gasteiger partial charge in [0.1, 0.15) is 6.04 Å². The third kappa shape index (κ3) is 3.63. The van der Waals surface area contributed by atoms with Crippen LogP contribution in [0.4, 0.5) is 5.69 Å². The molecule has 0 spiro atoms. The maximum absolute atomic E-state index is 11.8. The average molecular weight is 323 g/mol. The molecule has 23 heavy (non-hydrogen) atoms. The molecule has 1 heterocycles. The maximum atomic E-state index is 11.8. The Bertz CT molecular complexity index is 647. The van der Waals surface area contributed by atoms with Gasteiger partial charge < -0.3 is 15.6 Å². The van der Waals surface area contributed by atoms with Crippen molar-refractivity contribution in [3.63, 3.8) is 0 Å². The molecule has 1 aliphatic rings. The largest absolute Gasteiger partial charge is 0.468 e. The van der Waals surface area contributed by atoms with E-state index in [9.17, 15) is 24.8 Å². The summed E-state index contributed by atoms with van der Waals surface area (Å²) in [6, 6.07) is 3.27. The first-order valence-electron chi connectivity index (χ1n) is 6.90. The van der Waals surface area contributed by atoms with Crippen LogP contribution in [0.1, 0.15) is 22.3 Å². The van der Waals surface area contributed by atoms with Crippen LogP contribution in [0.3, 0.4) is 0 Å². The van der Waals surface area contributed by atoms with E-state index >= 15 is 0 Å². The molecular weight excluding hydrogens is 306 g/mol. The van der Waals surface area contributed by atoms with E-state index < -0.39 is 28.9 Å². The van der Waals surface area contributed by atoms with E-state index in [0.29, 0.717) is 5.56 Å². The summed E-state index contributed by atoms with van der Waals surface area (Å²) in [5.41, 5.74) is 5.23. The number of hydrogen-bond donors (Lipinski definition) is 2. The van der Waals surface area contributed by atoms with Crippen molar-refractivity contribution in [2.75, 3.05) is 13.7 Å². The lowest BCUT2D eigenvalue weighted by Crippen LogP contribution is -2.36. The molecule has 1 saturated heterocycles. The van der Waals surface area contributed by atoms with Crippen LogP contribution in [0.25, 0.3) is 0 Å². The van der Waals surface area contributed by atoms with E-state index in [-0.39, 0.29) is 30.8 Å². The third-order valence-electron chi connectivity index (χ3n) is 3.79. The summed E-state index contributed by atoms with van der Waals surface area (Å²) in [7, 11) is 1.25. The number of nitrogens with two attached hydrogens (primary N) is 1. The molecule has 0 unspecified atom stereocenters. The van der Waals surface area contributed by atoms with Gasteiger partial charge in [-0.25, -0.2) is 0 Å². The molecule has 0 radical (unpaired) electrons. The van der Waals surface area contributed by atoms with Gasteiger partial charge in [0.15, 0.2) is 0 Å². The Morgan fingerprint density at radius 2 is 2.22 bits per heavy atom. The zero-order valence-corrected chi connectivity index (χ0v) is 12.5. The van der Waals surface area contributed by atoms with Gasteiger partial charge in [-0.1, -0.05) is 6.07 Å². The number of nitro benzene ring substituents is 1. The quantitative estimate of drug-likeness (QED) is 0.435. The number of amides is 1. The second-order valence-corrected chi connectivity index (χ2v) is 5.32. The lowest BCUT2D eigenvalue weighted by atomic mass is 10.1. The van der Waals surface area contributed by atoms with Gasteiger partial charge in [-0.3, -0.25) is 24.6 Å². The monoisotopic (exact) mass is 323 g/mol. The van der Waals surface area contributed by atoms with Gasteiger partial charge >= 0.3 is 5.97 Å². The summed E-state index contributed by atoms with van der Waals surface area (Å²) in [4.78, 5) is 35.1. The SMILES string of the molecule is COC(=O)[C@@H]1C[C@@H](O)CN1Cc1ccc(C(N)=O)cc1[N+](=O)[O-]. The first kappa shape index (κ1) is 16.8. The lowest BCUT2D eigenvalue weighted by Gasteiger charge is -2.21. The highest BCUT2D eigenvalue weighted by Crippen LogP contribution is 2.26. The number of nitrogens with zero attached hydrogens (tertiary/aromatic N) is 2. The zero-order valence-electron chi connectivity index (χ0n) is 12.5. The van der Waals surface area contributed by atoms with Crippen LogP contribution in [0.15, 0.2) is 18.2 Å². The Kier molecular flexibility index (Phi) is 4.92. The summed E-state index contributed by atoms with van der Waals surface area (Å²) in [6.07, 6.45) is -0.497. The minimum absolute atomic E-state index is 0.0337. The third-order valence-corrected chi connectivity index (χ3v) is 3.79. The molecule has 124 valence electrons. The van der Waals surface area contributed by atoms with E-state index in [0.717, 1.165) is 6.07 Å². The Morgan fingerprint density at radius 3 is 2.78 bits per heavy atom. The van der Waals surface area contributed by atoms with Crippen LogP contribution in [0, 0.1) is 10.1 Å². The molecule has 0 bridgehead atoms. The molecule has 2 atom stereocenters. The van der Waals surface area contributed by atoms with E-state index in [1.165, 1.54) is 19.2 Å². The number of β-amino-alcohol motifs (C(OH)–C–C–N with tert-alkyl or cyclic N) is 1. The number of rotatable bonds is 5. The van der Waals surface area contributed by atoms with Crippen LogP contribution in [-0.4, -0.2) is 52.6 Å². The van der Waals surface area contributed by atoms with Crippen molar-refractivity contribution in [3.05, 3.63) is 39.4 Å². The van der Waals surface area contributed by atoms with E-state index in [4.69, 9.17) is 10.5 Å². The molecule has 0 aliphatic carbocycles. The number of ether oxygens (including phenoxy) is 1. The number of hydrogen-bond acceptors (Lipinski definition) is 7. The van der Waals surface area contributed by atoms with Gasteiger partial charge in [0.25, 0.3) is 5.69 Å². The van der Waals surface area contributed by atoms with Crippen molar-refractivity contribution >= 4 is 17.6 Å². The number of likely N-dealkylation sites (tertiary alicyclic amines) is 1. The highest BCUT2D eigenvalue weighted by molar-refractivity contribution is 5.93. The number of aliphatic hydroxyl groups is 1. The fourth-order valence-electron chi connectivity index (χ4n) is 2.67. The maximum Gasteiger partial charge on any atom is 0.323 e. The van der Waals surface area contributed by atoms with Crippen LogP contribution < -0.4 is 5.73 Å². The topological polar surface area (TPSA) is 136 Å². The number of esters is 1. The molecule has 9 nitrogen and oxygen atoms in total. The minimum Gasteiger partial charge on any atom is -0.468 e. The first-order chi connectivity index (χ1) is 10.8. The lowest BCUT2D eigenvalue weighted by molar-refractivity contribution is -0.385. The van der Waals surface area contributed by atoms with Gasteiger partial charge in [-0.2, -0.15) is 0 Å². The number of carbonyl (C=O) groups excluding carboxylic acids is 2. The Labute approximate surface area is 131 Å². The Hall–Kier alpha value is -2.52. The van der Waals surface area contributed by atoms with Crippen LogP contribution in [-0.2, 0) is 16.1 Å². The van der Waals surface area contributed by atoms with Crippen LogP contribution in [0.5, 0.6) is 0 Å². The molecule has 2 rings (SSSR count). The minimum atomic E-state index is -0.760. The fraction of sp³-hybridized carbons (Fsp3) is 0.429. The van der Waals surface area contributed by atoms with Gasteiger partial charge in [-0.05, 0) is 6.07 Å². The van der Waals surface area contributed by atoms with Crippen molar-refractivity contribution in [2.45, 2.75) is 25.1 Å². The van der Waals surface area contributed by atoms with Gasteiger partial charge in [0.05, 0.1) is 18.1 Å². The molecular formula is C14H17N3O6. The van der Waals surface area contributed by atoms with Crippen molar-refractivity contribution in [3.8, 4) is 0 Å². The number of carbonyl (C=O) groups is 2. The normalized spacial score (nSPS) is 21.1. The van der Waals surface area contributed by atoms with Crippen molar-refractivity contribution in [2.24, 2.45) is 5.73 Å². The van der Waals surface area contributed by atoms with Gasteiger partial charge in [-0.15, -0.1) is 0 Å². The van der Waals surface area contributed by atoms with E-state index in [1.54, 1.807) is 4.90 Å². The molecule has 1 aromatic carbocycles. The van der Waals surface area contributed by atoms with Crippen LogP contribution in [0.2, 0.25) is 0 Å². The fourth-order valence-corrected chi connectivity index (χ4v) is 2.67. The van der Waals surface area contributed by atoms with Gasteiger partial charge in [0.2, 0.25) is 5.91 Å². The molecule has 0 saturated carbocycles. The van der Waals surface area contributed by atoms with Crippen molar-refractivity contribution < 1.29 is 24.4 Å². The highest BCUT2D eigenvalue weighted by atomic mass is 16.6. The molecule has 1 amide bonds. The predicted molar refractivity (Wildman–Crippen MR) is 78.5 cm³/mol. The summed E-state index contributed by atoms with van der Waals surface area (Å²) in [5.74, 6) is -1.26. The van der Waals surface area contributed by atoms with E-state index in [1.807, 2.05) is 0 Å². The molecule has 1 aliphatic heterocycles. The van der Waals surface area contributed by atoms with Crippen LogP contribution >= 0.6 is 0 Å². The smallest absolute Gasteiger partial charge is 0.323 e. The predicted octanol–water partition coefficient (Wildman–Crippen LogP) is -0.198. The van der Waals surface area contributed by atoms with Crippen molar-refractivity contribution in [1.82, 2.24) is 4.90 Å². The Balaban J connectivity index is 2.29. The van der Waals surface area contributed by atoms with Crippen molar-refractivity contribution in [1.29, 1.82) is 0 Å². The Morgan fingerprint density at radius 1 is 1.52 bits per heavy atom. The first-order valence-corrected chi connectivity index (χ1v) is 6.90. The second-order valence-electron chi connectivity index (χ2n) is 5.32. The summed E-state index contributed by atoms with van der Waals surface area (Å²) in [6.45, 7) is 0.278. The van der Waals surface area contributed by atoms with Gasteiger partial charge in [0, 0.05) is 36.7 Å². The zero-order chi connectivity index (χ0) is 17.1.